The standard InChI is InChI=1S/C54H65Br2N17O8/c1-3-78-43-27-36(77-2)16-18-39(43)49-68-46(31-7-12-34(55)13-8-31)47(32-9-14-35(56)15-10-32)73(49)54(76)72-23-21-71(22-24-72)25-26-79-45(75)20-19-44(74)65-28-33-11-17-37(41(30-67-51(59)60)40(33)29-66-50(57)58)38-5-4-6-42(80-69-52(61)62)48(38)81-70-53(63)64/h4-18,27,46-47H,3,19-26,28-30H2,1-2H3,(H,65,74)(H4,57,58,66)(H4,59,60,67)(H4,61,62,69)(H4,63,64,70). The molecule has 0 aromatic heterocycles. The lowest BCUT2D eigenvalue weighted by Gasteiger charge is -2.39. The molecule has 0 bridgehead atoms. The van der Waals surface area contributed by atoms with Crippen molar-refractivity contribution in [1.82, 2.24) is 20.0 Å². The Morgan fingerprint density at radius 1 is 0.691 bits per heavy atom. The minimum absolute atomic E-state index is 0.00385. The Morgan fingerprint density at radius 3 is 1.95 bits per heavy atom. The summed E-state index contributed by atoms with van der Waals surface area (Å²) in [7, 11) is 1.59. The van der Waals surface area contributed by atoms with Gasteiger partial charge in [-0.25, -0.2) is 14.8 Å². The number of carbonyl (C=O) groups is 3. The van der Waals surface area contributed by atoms with E-state index in [1.165, 1.54) is 6.07 Å². The molecule has 17 N–H and O–H groups in total. The van der Waals surface area contributed by atoms with E-state index in [2.05, 4.69) is 62.4 Å². The molecule has 2 aliphatic rings. The molecular formula is C54H65Br2N17O8. The molecule has 7 rings (SSSR count). The number of aliphatic imine (C=N–C) groups is 3. The van der Waals surface area contributed by atoms with Crippen LogP contribution in [-0.2, 0) is 34.0 Å². The Morgan fingerprint density at radius 2 is 1.32 bits per heavy atom. The van der Waals surface area contributed by atoms with E-state index in [-0.39, 0.29) is 74.5 Å². The van der Waals surface area contributed by atoms with Gasteiger partial charge >= 0.3 is 12.0 Å². The highest BCUT2D eigenvalue weighted by Crippen LogP contribution is 2.46. The van der Waals surface area contributed by atoms with Crippen molar-refractivity contribution in [3.05, 3.63) is 139 Å². The van der Waals surface area contributed by atoms with Gasteiger partial charge in [0.05, 0.1) is 44.8 Å². The van der Waals surface area contributed by atoms with Gasteiger partial charge < -0.3 is 80.0 Å². The van der Waals surface area contributed by atoms with Crippen LogP contribution in [0.15, 0.2) is 131 Å². The first kappa shape index (κ1) is 59.8. The number of hydrogen-bond donors (Lipinski definition) is 9. The van der Waals surface area contributed by atoms with Crippen LogP contribution in [0.3, 0.4) is 0 Å². The summed E-state index contributed by atoms with van der Waals surface area (Å²) in [4.78, 5) is 72.1. The van der Waals surface area contributed by atoms with Gasteiger partial charge in [-0.1, -0.05) is 80.4 Å². The number of rotatable bonds is 23. The number of methoxy groups -OCH3 is 1. The molecule has 1 fully saturated rings. The molecule has 25 nitrogen and oxygen atoms in total. The number of para-hydroxylation sites is 1. The van der Waals surface area contributed by atoms with E-state index in [0.29, 0.717) is 90.0 Å². The van der Waals surface area contributed by atoms with Crippen LogP contribution < -0.4 is 70.3 Å². The smallest absolute Gasteiger partial charge is 0.326 e. The van der Waals surface area contributed by atoms with E-state index in [9.17, 15) is 9.59 Å². The molecule has 5 aromatic rings. The number of amidine groups is 1. The van der Waals surface area contributed by atoms with Crippen LogP contribution >= 0.6 is 31.9 Å². The molecule has 2 unspecified atom stereocenters. The predicted molar refractivity (Wildman–Crippen MR) is 316 cm³/mol. The highest BCUT2D eigenvalue weighted by molar-refractivity contribution is 9.10. The van der Waals surface area contributed by atoms with Crippen molar-refractivity contribution in [3.8, 4) is 34.1 Å². The van der Waals surface area contributed by atoms with Gasteiger partial charge in [-0.2, -0.15) is 0 Å². The summed E-state index contributed by atoms with van der Waals surface area (Å²) in [6.45, 7) is 4.48. The van der Waals surface area contributed by atoms with Crippen LogP contribution in [0.2, 0.25) is 0 Å². The lowest BCUT2D eigenvalue weighted by Crippen LogP contribution is -2.54. The molecular weight excluding hydrogens is 1170 g/mol. The van der Waals surface area contributed by atoms with Crippen molar-refractivity contribution in [2.24, 2.45) is 71.2 Å². The van der Waals surface area contributed by atoms with Gasteiger partial charge in [0.15, 0.2) is 11.9 Å². The highest BCUT2D eigenvalue weighted by Gasteiger charge is 2.45. The second-order valence-electron chi connectivity index (χ2n) is 18.3. The van der Waals surface area contributed by atoms with Crippen LogP contribution in [-0.4, -0.2) is 115 Å². The van der Waals surface area contributed by atoms with Crippen LogP contribution in [0.1, 0.15) is 65.2 Å². The predicted octanol–water partition coefficient (Wildman–Crippen LogP) is 3.89. The number of carbonyl (C=O) groups excluding carboxylic acids is 3. The number of guanidine groups is 4. The molecule has 0 spiro atoms. The van der Waals surface area contributed by atoms with Crippen LogP contribution in [0, 0.1) is 0 Å². The normalized spacial score (nSPS) is 14.9. The molecule has 428 valence electrons. The maximum Gasteiger partial charge on any atom is 0.326 e. The number of nitrogens with one attached hydrogen (secondary N) is 1. The Labute approximate surface area is 484 Å². The molecule has 5 aromatic carbocycles. The number of piperazine rings is 1. The van der Waals surface area contributed by atoms with Crippen molar-refractivity contribution < 1.29 is 38.3 Å². The van der Waals surface area contributed by atoms with Crippen LogP contribution in [0.25, 0.3) is 11.1 Å². The molecule has 2 atom stereocenters. The summed E-state index contributed by atoms with van der Waals surface area (Å²) in [5.74, 6) is -0.465. The number of ether oxygens (including phenoxy) is 3. The SMILES string of the molecule is CCOc1cc(OC)ccc1C1=NC(c2ccc(Br)cc2)C(c2ccc(Br)cc2)N1C(=O)N1CCN(CCOC(=O)CCC(=O)NCc2ccc(-c3cccc(ON=C(N)N)c3ON=C(N)N)c(CN=C(N)N)c2CN=C(N)N)CC1. The molecule has 3 amide bonds. The summed E-state index contributed by atoms with van der Waals surface area (Å²) >= 11 is 7.15. The first-order chi connectivity index (χ1) is 38.9. The van der Waals surface area contributed by atoms with Crippen LogP contribution in [0.5, 0.6) is 23.0 Å². The zero-order chi connectivity index (χ0) is 58.2. The summed E-state index contributed by atoms with van der Waals surface area (Å²) in [6, 6.07) is 28.6. The van der Waals surface area contributed by atoms with Gasteiger partial charge in [-0.05, 0) is 93.1 Å². The maximum atomic E-state index is 15.1. The number of halogens is 2. The van der Waals surface area contributed by atoms with E-state index in [4.69, 9.17) is 74.7 Å². The average Bonchev–Trinajstić information content (AvgIpc) is 3.43. The second-order valence-corrected chi connectivity index (χ2v) is 20.1. The minimum atomic E-state index is -0.550. The average molecular weight is 1240 g/mol. The molecule has 2 aliphatic heterocycles. The van der Waals surface area contributed by atoms with Crippen molar-refractivity contribution in [1.29, 1.82) is 0 Å². The fourth-order valence-electron chi connectivity index (χ4n) is 9.09. The first-order valence-electron chi connectivity index (χ1n) is 25.5. The largest absolute Gasteiger partial charge is 0.497 e. The van der Waals surface area contributed by atoms with Gasteiger partial charge in [-0.3, -0.25) is 24.4 Å². The Bertz CT molecular complexity index is 3190. The van der Waals surface area contributed by atoms with Crippen molar-refractivity contribution in [2.75, 3.05) is 53.0 Å². The van der Waals surface area contributed by atoms with E-state index < -0.39 is 29.9 Å². The summed E-state index contributed by atoms with van der Waals surface area (Å²) in [5, 5.41) is 10.2. The Balaban J connectivity index is 0.992. The number of amides is 3. The molecule has 2 heterocycles. The summed E-state index contributed by atoms with van der Waals surface area (Å²) in [6.07, 6.45) is -0.343. The minimum Gasteiger partial charge on any atom is -0.497 e. The first-order valence-corrected chi connectivity index (χ1v) is 27.1. The molecule has 0 saturated carbocycles. The zero-order valence-corrected chi connectivity index (χ0v) is 47.8. The molecule has 0 radical (unpaired) electrons. The zero-order valence-electron chi connectivity index (χ0n) is 44.6. The van der Waals surface area contributed by atoms with Crippen LogP contribution in [0.4, 0.5) is 4.79 Å². The second kappa shape index (κ2) is 28.4. The van der Waals surface area contributed by atoms with Gasteiger partial charge in [-0.15, -0.1) is 0 Å². The Kier molecular flexibility index (Phi) is 21.0. The third-order valence-electron chi connectivity index (χ3n) is 12.9. The van der Waals surface area contributed by atoms with Gasteiger partial charge in [0, 0.05) is 66.3 Å². The number of hydrogen-bond acceptors (Lipinski definition) is 14. The lowest BCUT2D eigenvalue weighted by molar-refractivity contribution is -0.145. The van der Waals surface area contributed by atoms with E-state index >= 15 is 4.79 Å². The summed E-state index contributed by atoms with van der Waals surface area (Å²) < 4.78 is 19.1. The topological polar surface area (TPSA) is 389 Å². The third-order valence-corrected chi connectivity index (χ3v) is 14.0. The van der Waals surface area contributed by atoms with Crippen molar-refractivity contribution in [2.45, 2.75) is 51.5 Å². The maximum absolute atomic E-state index is 15.1. The number of oxime groups is 2. The number of urea groups is 1. The molecule has 0 aliphatic carbocycles. The van der Waals surface area contributed by atoms with Crippen molar-refractivity contribution >= 4 is 79.4 Å². The Hall–Kier alpha value is -8.82. The van der Waals surface area contributed by atoms with Gasteiger partial charge in [0.25, 0.3) is 0 Å². The molecule has 1 saturated heterocycles. The van der Waals surface area contributed by atoms with Crippen molar-refractivity contribution in [3.63, 3.8) is 0 Å². The number of esters is 1. The molecule has 81 heavy (non-hydrogen) atoms. The summed E-state index contributed by atoms with van der Waals surface area (Å²) in [5.41, 5.74) is 50.4. The highest BCUT2D eigenvalue weighted by atomic mass is 79.9. The number of nitrogens with zero attached hydrogens (tertiary/aromatic N) is 8. The van der Waals surface area contributed by atoms with E-state index in [1.54, 1.807) is 42.3 Å². The fourth-order valence-corrected chi connectivity index (χ4v) is 9.62. The molecule has 27 heteroatoms. The number of nitrogens with two attached hydrogens (primary N) is 8. The van der Waals surface area contributed by atoms with E-state index in [1.807, 2.05) is 72.5 Å². The third kappa shape index (κ3) is 15.9. The lowest BCUT2D eigenvalue weighted by atomic mass is 9.91. The number of benzene rings is 5. The quantitative estimate of drug-likeness (QED) is 0.0194. The monoisotopic (exact) mass is 1240 g/mol. The van der Waals surface area contributed by atoms with E-state index in [0.717, 1.165) is 20.1 Å². The fraction of sp³-hybridized carbons (Fsp3) is 0.296. The van der Waals surface area contributed by atoms with Gasteiger partial charge in [0.2, 0.25) is 29.3 Å². The van der Waals surface area contributed by atoms with Gasteiger partial charge in [0.1, 0.15) is 30.0 Å².